The minimum Gasteiger partial charge on any atom is -0.460 e. The van der Waals surface area contributed by atoms with E-state index in [1.54, 1.807) is 0 Å². The number of carbonyl (C=O) groups excluding carboxylic acids is 1. The molecule has 0 N–H and O–H groups in total. The molecule has 1 rings (SSSR count). The molecule has 0 bridgehead atoms. The molecule has 1 aromatic rings. The number of methoxy groups -OCH3 is 1. The van der Waals surface area contributed by atoms with Crippen molar-refractivity contribution in [1.82, 2.24) is 0 Å². The van der Waals surface area contributed by atoms with Gasteiger partial charge in [0.25, 0.3) is 0 Å². The first kappa shape index (κ1) is 11.7. The van der Waals surface area contributed by atoms with Gasteiger partial charge in [0.2, 0.25) is 0 Å². The summed E-state index contributed by atoms with van der Waals surface area (Å²) in [5, 5.41) is 0.613. The molecule has 0 aromatic heterocycles. The summed E-state index contributed by atoms with van der Waals surface area (Å²) in [7, 11) is 1.19. The van der Waals surface area contributed by atoms with Crippen LogP contribution in [-0.2, 0) is 9.53 Å². The molecule has 0 aliphatic heterocycles. The molecule has 0 saturated carbocycles. The van der Waals surface area contributed by atoms with Crippen molar-refractivity contribution < 1.29 is 14.3 Å². The Morgan fingerprint density at radius 3 is 2.53 bits per heavy atom. The number of rotatable bonds is 2. The van der Waals surface area contributed by atoms with Gasteiger partial charge < -0.3 is 10.3 Å². The fourth-order valence-corrected chi connectivity index (χ4v) is 1.25. The molecule has 4 nitrogen and oxygen atoms in total. The Labute approximate surface area is 96.0 Å². The van der Waals surface area contributed by atoms with Crippen LogP contribution in [0.5, 0.6) is 0 Å². The molecule has 0 heterocycles. The first-order valence-electron chi connectivity index (χ1n) is 3.86. The van der Waals surface area contributed by atoms with E-state index >= 15 is 0 Å². The quantitative estimate of drug-likeness (QED) is 0.347. The number of halogens is 2. The predicted molar refractivity (Wildman–Crippen MR) is 56.2 cm³/mol. The highest BCUT2D eigenvalue weighted by molar-refractivity contribution is 6.44. The minimum atomic E-state index is -0.754. The van der Waals surface area contributed by atoms with E-state index in [0.29, 0.717) is 10.6 Å². The van der Waals surface area contributed by atoms with Crippen LogP contribution in [0.1, 0.15) is 5.56 Å². The lowest BCUT2D eigenvalue weighted by atomic mass is 10.1. The largest absolute Gasteiger partial charge is 0.460 e. The van der Waals surface area contributed by atoms with Crippen molar-refractivity contribution in [2.45, 2.75) is 0 Å². The van der Waals surface area contributed by atoms with Crippen molar-refractivity contribution in [1.29, 1.82) is 0 Å². The van der Waals surface area contributed by atoms with Crippen molar-refractivity contribution in [3.05, 3.63) is 39.3 Å². The summed E-state index contributed by atoms with van der Waals surface area (Å²) in [4.78, 5) is 14.0. The molecule has 0 radical (unpaired) electrons. The molecule has 0 amide bonds. The minimum absolute atomic E-state index is 0.226. The Balaban J connectivity index is 3.21. The maximum absolute atomic E-state index is 11.2. The van der Waals surface area contributed by atoms with Crippen LogP contribution >= 0.6 is 23.2 Å². The molecule has 0 aliphatic rings. The summed E-state index contributed by atoms with van der Waals surface area (Å²) < 4.78 is 4.42. The second-order valence-corrected chi connectivity index (χ2v) is 3.38. The first-order chi connectivity index (χ1) is 7.10. The lowest BCUT2D eigenvalue weighted by Gasteiger charge is -1.98. The van der Waals surface area contributed by atoms with E-state index in [-0.39, 0.29) is 10.7 Å². The molecule has 6 heteroatoms. The van der Waals surface area contributed by atoms with Gasteiger partial charge in [0.15, 0.2) is 0 Å². The predicted octanol–water partition coefficient (Wildman–Crippen LogP) is 2.19. The molecular weight excluding hydrogens is 239 g/mol. The van der Waals surface area contributed by atoms with Crippen LogP contribution in [0.25, 0.3) is 5.53 Å². The standard InChI is InChI=1S/C9H6Cl2N2O2/c1-15-9(14)8(13-12)5-2-3-6(10)7(11)4-5/h2-4H,1H3. The Kier molecular flexibility index (Phi) is 3.86. The maximum Gasteiger partial charge on any atom is 0.422 e. The molecule has 1 aromatic carbocycles. The second kappa shape index (κ2) is 4.94. The van der Waals surface area contributed by atoms with Gasteiger partial charge >= 0.3 is 11.7 Å². The third-order valence-corrected chi connectivity index (χ3v) is 2.41. The summed E-state index contributed by atoms with van der Waals surface area (Å²) in [6.07, 6.45) is 0. The van der Waals surface area contributed by atoms with Gasteiger partial charge in [-0.05, 0) is 18.2 Å². The van der Waals surface area contributed by atoms with Crippen LogP contribution in [-0.4, -0.2) is 23.6 Å². The molecule has 0 aliphatic carbocycles. The number of carbonyl (C=O) groups is 1. The van der Waals surface area contributed by atoms with E-state index in [2.05, 4.69) is 9.53 Å². The second-order valence-electron chi connectivity index (χ2n) is 2.57. The summed E-state index contributed by atoms with van der Waals surface area (Å²) >= 11 is 11.4. The molecule has 0 spiro atoms. The molecule has 15 heavy (non-hydrogen) atoms. The smallest absolute Gasteiger partial charge is 0.422 e. The normalized spacial score (nSPS) is 9.27. The third-order valence-electron chi connectivity index (χ3n) is 1.67. The Morgan fingerprint density at radius 1 is 1.40 bits per heavy atom. The maximum atomic E-state index is 11.2. The van der Waals surface area contributed by atoms with E-state index < -0.39 is 5.97 Å². The van der Waals surface area contributed by atoms with Gasteiger partial charge in [0.1, 0.15) is 0 Å². The van der Waals surface area contributed by atoms with Crippen molar-refractivity contribution in [2.24, 2.45) is 0 Å². The Bertz CT molecular complexity index is 453. The summed E-state index contributed by atoms with van der Waals surface area (Å²) in [5.74, 6) is -0.754. The fraction of sp³-hybridized carbons (Fsp3) is 0.111. The van der Waals surface area contributed by atoms with Gasteiger partial charge in [0, 0.05) is 0 Å². The summed E-state index contributed by atoms with van der Waals surface area (Å²) in [5.41, 5.74) is 8.76. The van der Waals surface area contributed by atoms with Gasteiger partial charge in [-0.25, -0.2) is 4.79 Å². The highest BCUT2D eigenvalue weighted by Crippen LogP contribution is 2.22. The molecule has 0 fully saturated rings. The molecule has 78 valence electrons. The average molecular weight is 245 g/mol. The van der Waals surface area contributed by atoms with E-state index in [4.69, 9.17) is 28.7 Å². The van der Waals surface area contributed by atoms with Crippen molar-refractivity contribution in [3.63, 3.8) is 0 Å². The lowest BCUT2D eigenvalue weighted by Crippen LogP contribution is -2.18. The monoisotopic (exact) mass is 244 g/mol. The molecule has 0 saturated heterocycles. The molecule has 0 unspecified atom stereocenters. The number of nitrogens with zero attached hydrogens (tertiary/aromatic N) is 2. The first-order valence-corrected chi connectivity index (χ1v) is 4.61. The highest BCUT2D eigenvalue weighted by atomic mass is 35.5. The van der Waals surface area contributed by atoms with E-state index in [1.165, 1.54) is 25.3 Å². The van der Waals surface area contributed by atoms with Gasteiger partial charge in [-0.15, -0.1) is 0 Å². The average Bonchev–Trinajstić information content (AvgIpc) is 2.24. The van der Waals surface area contributed by atoms with Crippen molar-refractivity contribution in [2.75, 3.05) is 7.11 Å². The summed E-state index contributed by atoms with van der Waals surface area (Å²) in [6, 6.07) is 4.41. The number of benzene rings is 1. The number of hydrogen-bond acceptors (Lipinski definition) is 2. The van der Waals surface area contributed by atoms with E-state index in [0.717, 1.165) is 0 Å². The summed E-state index contributed by atoms with van der Waals surface area (Å²) in [6.45, 7) is 0. The third kappa shape index (κ3) is 2.57. The zero-order chi connectivity index (χ0) is 11.4. The molecule has 0 atom stereocenters. The Hall–Kier alpha value is -1.35. The van der Waals surface area contributed by atoms with Crippen LogP contribution in [0.15, 0.2) is 18.2 Å². The van der Waals surface area contributed by atoms with E-state index in [1.807, 2.05) is 0 Å². The van der Waals surface area contributed by atoms with Gasteiger partial charge in [-0.1, -0.05) is 23.2 Å². The number of hydrogen-bond donors (Lipinski definition) is 0. The van der Waals surface area contributed by atoms with Crippen LogP contribution in [0, 0.1) is 0 Å². The van der Waals surface area contributed by atoms with Crippen molar-refractivity contribution in [3.8, 4) is 0 Å². The topological polar surface area (TPSA) is 62.7 Å². The van der Waals surface area contributed by atoms with Crippen molar-refractivity contribution >= 4 is 34.9 Å². The molecular formula is C9H6Cl2N2O2. The zero-order valence-corrected chi connectivity index (χ0v) is 9.21. The Morgan fingerprint density at radius 2 is 2.07 bits per heavy atom. The van der Waals surface area contributed by atoms with Gasteiger partial charge in [-0.3, -0.25) is 0 Å². The van der Waals surface area contributed by atoms with Crippen LogP contribution < -0.4 is 0 Å². The fourth-order valence-electron chi connectivity index (χ4n) is 0.957. The van der Waals surface area contributed by atoms with Crippen LogP contribution in [0.2, 0.25) is 10.0 Å². The highest BCUT2D eigenvalue weighted by Gasteiger charge is 2.23. The van der Waals surface area contributed by atoms with Crippen LogP contribution in [0.4, 0.5) is 0 Å². The SMILES string of the molecule is COC(=O)C(=[N+]=[N-])c1ccc(Cl)c(Cl)c1. The number of ether oxygens (including phenoxy) is 1. The van der Waals surface area contributed by atoms with Gasteiger partial charge in [-0.2, -0.15) is 4.79 Å². The van der Waals surface area contributed by atoms with E-state index in [9.17, 15) is 4.79 Å². The van der Waals surface area contributed by atoms with Crippen LogP contribution in [0.3, 0.4) is 0 Å². The van der Waals surface area contributed by atoms with Gasteiger partial charge in [0.05, 0.1) is 22.7 Å². The zero-order valence-electron chi connectivity index (χ0n) is 7.70. The lowest BCUT2D eigenvalue weighted by molar-refractivity contribution is -0.137. The number of esters is 1.